The Bertz CT molecular complexity index is 469. The molecule has 2 saturated heterocycles. The largest absolute Gasteiger partial charge is 0.496 e. The highest BCUT2D eigenvalue weighted by Crippen LogP contribution is 2.29. The Morgan fingerprint density at radius 1 is 1.14 bits per heavy atom. The van der Waals surface area contributed by atoms with Gasteiger partial charge in [0.05, 0.1) is 23.9 Å². The summed E-state index contributed by atoms with van der Waals surface area (Å²) in [6.07, 6.45) is 2.49. The molecule has 5 heteroatoms. The predicted molar refractivity (Wildman–Crippen MR) is 93.3 cm³/mol. The fourth-order valence-corrected chi connectivity index (χ4v) is 3.83. The first kappa shape index (κ1) is 15.4. The van der Waals surface area contributed by atoms with Gasteiger partial charge in [-0.25, -0.2) is 0 Å². The fourth-order valence-electron chi connectivity index (χ4n) is 3.28. The van der Waals surface area contributed by atoms with Crippen molar-refractivity contribution < 1.29 is 9.47 Å². The summed E-state index contributed by atoms with van der Waals surface area (Å²) in [4.78, 5) is 5.09. The third-order valence-electron chi connectivity index (χ3n) is 4.53. The van der Waals surface area contributed by atoms with Crippen LogP contribution in [0.1, 0.15) is 12.8 Å². The summed E-state index contributed by atoms with van der Waals surface area (Å²) in [5.41, 5.74) is 1.28. The summed E-state index contributed by atoms with van der Waals surface area (Å²) >= 11 is 2.32. The number of piperidine rings is 1. The van der Waals surface area contributed by atoms with E-state index in [1.807, 2.05) is 0 Å². The quantitative estimate of drug-likeness (QED) is 0.726. The van der Waals surface area contributed by atoms with Crippen molar-refractivity contribution in [2.75, 3.05) is 51.4 Å². The van der Waals surface area contributed by atoms with Gasteiger partial charge in [-0.1, -0.05) is 0 Å². The lowest BCUT2D eigenvalue weighted by atomic mass is 10.0. The van der Waals surface area contributed by atoms with Crippen LogP contribution < -0.4 is 9.64 Å². The molecule has 0 N–H and O–H groups in total. The van der Waals surface area contributed by atoms with Gasteiger partial charge in [0.25, 0.3) is 0 Å². The number of hydrogen-bond donors (Lipinski definition) is 0. The van der Waals surface area contributed by atoms with E-state index in [0.29, 0.717) is 0 Å². The van der Waals surface area contributed by atoms with Crippen LogP contribution in [0.3, 0.4) is 0 Å². The number of ether oxygens (including phenoxy) is 2. The first-order valence-corrected chi connectivity index (χ1v) is 8.76. The van der Waals surface area contributed by atoms with Crippen molar-refractivity contribution in [3.63, 3.8) is 0 Å². The van der Waals surface area contributed by atoms with Crippen molar-refractivity contribution in [2.24, 2.45) is 0 Å². The van der Waals surface area contributed by atoms with Crippen molar-refractivity contribution in [3.8, 4) is 5.75 Å². The average Bonchev–Trinajstić information content (AvgIpc) is 2.56. The lowest BCUT2D eigenvalue weighted by molar-refractivity contribution is 0.0115. The molecule has 0 aromatic heterocycles. The fraction of sp³-hybridized carbons (Fsp3) is 0.625. The Morgan fingerprint density at radius 2 is 1.86 bits per heavy atom. The summed E-state index contributed by atoms with van der Waals surface area (Å²) in [6.45, 7) is 6.25. The molecule has 2 fully saturated rings. The molecule has 0 saturated carbocycles. The maximum absolute atomic E-state index is 5.45. The molecule has 2 heterocycles. The van der Waals surface area contributed by atoms with Gasteiger partial charge in [0, 0.05) is 44.0 Å². The number of anilines is 1. The number of morpholine rings is 1. The SMILES string of the molecule is COc1cc(N2CCC(N3CCOCC3)CC2)ccc1I. The molecule has 3 rings (SSSR count). The van der Waals surface area contributed by atoms with Crippen LogP contribution >= 0.6 is 22.6 Å². The molecule has 2 aliphatic rings. The number of rotatable bonds is 3. The van der Waals surface area contributed by atoms with Crippen molar-refractivity contribution in [1.29, 1.82) is 0 Å². The van der Waals surface area contributed by atoms with E-state index in [1.54, 1.807) is 7.11 Å². The Kier molecular flexibility index (Phi) is 5.24. The zero-order chi connectivity index (χ0) is 14.7. The van der Waals surface area contributed by atoms with E-state index >= 15 is 0 Å². The Morgan fingerprint density at radius 3 is 2.52 bits per heavy atom. The van der Waals surface area contributed by atoms with Crippen LogP contribution in [0, 0.1) is 3.57 Å². The van der Waals surface area contributed by atoms with Crippen LogP contribution in [0.5, 0.6) is 5.75 Å². The summed E-state index contributed by atoms with van der Waals surface area (Å²) in [5.74, 6) is 0.975. The van der Waals surface area contributed by atoms with Gasteiger partial charge in [0.2, 0.25) is 0 Å². The Labute approximate surface area is 140 Å². The van der Waals surface area contributed by atoms with Crippen molar-refractivity contribution in [1.82, 2.24) is 4.90 Å². The molecular formula is C16H23IN2O2. The zero-order valence-corrected chi connectivity index (χ0v) is 14.7. The third-order valence-corrected chi connectivity index (χ3v) is 5.42. The van der Waals surface area contributed by atoms with E-state index in [1.165, 1.54) is 22.1 Å². The molecule has 0 aliphatic carbocycles. The number of methoxy groups -OCH3 is 1. The lowest BCUT2D eigenvalue weighted by Gasteiger charge is -2.40. The molecule has 1 aromatic rings. The topological polar surface area (TPSA) is 24.9 Å². The molecule has 0 atom stereocenters. The maximum atomic E-state index is 5.45. The molecule has 2 aliphatic heterocycles. The molecule has 0 bridgehead atoms. The van der Waals surface area contributed by atoms with Gasteiger partial charge >= 0.3 is 0 Å². The summed E-state index contributed by atoms with van der Waals surface area (Å²) in [7, 11) is 1.74. The van der Waals surface area contributed by atoms with E-state index in [0.717, 1.165) is 51.2 Å². The normalized spacial score (nSPS) is 21.5. The highest BCUT2D eigenvalue weighted by molar-refractivity contribution is 14.1. The summed E-state index contributed by atoms with van der Waals surface area (Å²) in [5, 5.41) is 0. The monoisotopic (exact) mass is 402 g/mol. The average molecular weight is 402 g/mol. The highest BCUT2D eigenvalue weighted by atomic mass is 127. The summed E-state index contributed by atoms with van der Waals surface area (Å²) < 4.78 is 12.1. The standard InChI is InChI=1S/C16H23IN2O2/c1-20-16-12-14(2-3-15(16)17)18-6-4-13(5-7-18)19-8-10-21-11-9-19/h2-3,12-13H,4-11H2,1H3. The van der Waals surface area contributed by atoms with E-state index in [4.69, 9.17) is 9.47 Å². The third kappa shape index (κ3) is 3.63. The number of nitrogens with zero attached hydrogens (tertiary/aromatic N) is 2. The highest BCUT2D eigenvalue weighted by Gasteiger charge is 2.26. The lowest BCUT2D eigenvalue weighted by Crippen LogP contribution is -2.49. The van der Waals surface area contributed by atoms with Gasteiger partial charge in [0.15, 0.2) is 0 Å². The van der Waals surface area contributed by atoms with Crippen molar-refractivity contribution in [2.45, 2.75) is 18.9 Å². The molecule has 0 unspecified atom stereocenters. The number of halogens is 1. The van der Waals surface area contributed by atoms with Gasteiger partial charge in [0.1, 0.15) is 5.75 Å². The maximum Gasteiger partial charge on any atom is 0.134 e. The van der Waals surface area contributed by atoms with Gasteiger partial charge in [-0.15, -0.1) is 0 Å². The number of hydrogen-bond acceptors (Lipinski definition) is 4. The van der Waals surface area contributed by atoms with E-state index in [9.17, 15) is 0 Å². The molecule has 0 radical (unpaired) electrons. The molecular weight excluding hydrogens is 379 g/mol. The predicted octanol–water partition coefficient (Wildman–Crippen LogP) is 2.60. The second kappa shape index (κ2) is 7.15. The Balaban J connectivity index is 1.60. The first-order chi connectivity index (χ1) is 10.3. The van der Waals surface area contributed by atoms with Crippen LogP contribution in [-0.4, -0.2) is 57.4 Å². The van der Waals surface area contributed by atoms with E-state index < -0.39 is 0 Å². The first-order valence-electron chi connectivity index (χ1n) is 7.68. The molecule has 1 aromatic carbocycles. The smallest absolute Gasteiger partial charge is 0.134 e. The second-order valence-corrected chi connectivity index (χ2v) is 6.85. The van der Waals surface area contributed by atoms with Crippen molar-refractivity contribution >= 4 is 28.3 Å². The van der Waals surface area contributed by atoms with Gasteiger partial charge < -0.3 is 14.4 Å². The molecule has 21 heavy (non-hydrogen) atoms. The van der Waals surface area contributed by atoms with Crippen molar-refractivity contribution in [3.05, 3.63) is 21.8 Å². The molecule has 116 valence electrons. The van der Waals surface area contributed by atoms with E-state index in [-0.39, 0.29) is 0 Å². The minimum atomic E-state index is 0.732. The van der Waals surface area contributed by atoms with Crippen LogP contribution in [0.15, 0.2) is 18.2 Å². The molecule has 0 spiro atoms. The Hall–Kier alpha value is -0.530. The molecule has 0 amide bonds. The van der Waals surface area contributed by atoms with E-state index in [2.05, 4.69) is 50.6 Å². The zero-order valence-electron chi connectivity index (χ0n) is 12.6. The van der Waals surface area contributed by atoms with Crippen LogP contribution in [0.4, 0.5) is 5.69 Å². The van der Waals surface area contributed by atoms with Crippen LogP contribution in [0.25, 0.3) is 0 Å². The van der Waals surface area contributed by atoms with Gasteiger partial charge in [-0.2, -0.15) is 0 Å². The minimum Gasteiger partial charge on any atom is -0.496 e. The van der Waals surface area contributed by atoms with Crippen LogP contribution in [0.2, 0.25) is 0 Å². The van der Waals surface area contributed by atoms with Gasteiger partial charge in [-0.3, -0.25) is 4.90 Å². The second-order valence-electron chi connectivity index (χ2n) is 5.69. The summed E-state index contributed by atoms with van der Waals surface area (Å²) in [6, 6.07) is 7.25. The minimum absolute atomic E-state index is 0.732. The van der Waals surface area contributed by atoms with Crippen LogP contribution in [-0.2, 0) is 4.74 Å². The number of benzene rings is 1. The van der Waals surface area contributed by atoms with Gasteiger partial charge in [-0.05, 0) is 47.6 Å². The molecule has 4 nitrogen and oxygen atoms in total.